The molecule has 19 heavy (non-hydrogen) atoms. The van der Waals surface area contributed by atoms with Crippen molar-refractivity contribution in [2.45, 2.75) is 9.16 Å². The summed E-state index contributed by atoms with van der Waals surface area (Å²) in [7, 11) is 0. The summed E-state index contributed by atoms with van der Waals surface area (Å²) in [5, 5.41) is 0. The first-order chi connectivity index (χ1) is 9.24. The van der Waals surface area contributed by atoms with Gasteiger partial charge in [-0.25, -0.2) is 0 Å². The highest BCUT2D eigenvalue weighted by atomic mass is 35.5. The minimum absolute atomic E-state index is 0.375. The van der Waals surface area contributed by atoms with Crippen LogP contribution in [0.4, 0.5) is 0 Å². The molecule has 0 saturated heterocycles. The van der Waals surface area contributed by atoms with Gasteiger partial charge in [0.25, 0.3) is 0 Å². The Hall–Kier alpha value is 0.0700. The van der Waals surface area contributed by atoms with Gasteiger partial charge in [-0.05, 0) is 11.1 Å². The highest BCUT2D eigenvalue weighted by Crippen LogP contribution is 2.58. The molecule has 4 aliphatic rings. The van der Waals surface area contributed by atoms with Gasteiger partial charge in [-0.1, -0.05) is 83.2 Å². The van der Waals surface area contributed by atoms with Crippen LogP contribution in [0, 0.1) is 0 Å². The summed E-state index contributed by atoms with van der Waals surface area (Å²) in [4.78, 5) is 0. The van der Waals surface area contributed by atoms with Crippen LogP contribution in [0.2, 0.25) is 0 Å². The highest BCUT2D eigenvalue weighted by molar-refractivity contribution is 8.27. The molecule has 0 bridgehead atoms. The molecule has 2 aliphatic heterocycles. The zero-order chi connectivity index (χ0) is 13.0. The van der Waals surface area contributed by atoms with E-state index in [0.717, 1.165) is 8.73 Å². The monoisotopic (exact) mass is 342 g/mol. The van der Waals surface area contributed by atoms with Crippen molar-refractivity contribution in [3.63, 3.8) is 0 Å². The van der Waals surface area contributed by atoms with Gasteiger partial charge < -0.3 is 0 Å². The van der Waals surface area contributed by atoms with E-state index in [1.54, 1.807) is 23.5 Å². The van der Waals surface area contributed by atoms with E-state index in [1.807, 2.05) is 11.8 Å². The van der Waals surface area contributed by atoms with Crippen LogP contribution < -0.4 is 0 Å². The molecule has 2 aliphatic carbocycles. The topological polar surface area (TPSA) is 0 Å². The predicted octanol–water partition coefficient (Wildman–Crippen LogP) is 5.76. The smallest absolute Gasteiger partial charge is 0.0828 e. The minimum atomic E-state index is 0.375. The van der Waals surface area contributed by atoms with Crippen molar-refractivity contribution in [3.8, 4) is 0 Å². The Morgan fingerprint density at radius 2 is 1.32 bits per heavy atom. The third-order valence-corrected chi connectivity index (χ3v) is 8.28. The molecule has 0 aromatic heterocycles. The normalized spacial score (nSPS) is 31.3. The molecule has 2 unspecified atom stereocenters. The molecular weight excluding hydrogens is 335 g/mol. The van der Waals surface area contributed by atoms with Crippen LogP contribution in [0.1, 0.15) is 0 Å². The fourth-order valence-corrected chi connectivity index (χ4v) is 8.08. The molecule has 0 radical (unpaired) electrons. The molecule has 96 valence electrons. The van der Waals surface area contributed by atoms with Crippen LogP contribution in [0.15, 0.2) is 67.5 Å². The van der Waals surface area contributed by atoms with E-state index in [2.05, 4.69) is 36.5 Å². The standard InChI is InChI=1S/C14H8Cl2S3/c15-11-7-3-1-5-9(7)13(17-11)19-14-10-6-2-4-8(10)12(16)18-14/h1-6,13-14H. The zero-order valence-electron chi connectivity index (χ0n) is 9.60. The van der Waals surface area contributed by atoms with Crippen LogP contribution in [-0.4, -0.2) is 9.16 Å². The van der Waals surface area contributed by atoms with Crippen molar-refractivity contribution < 1.29 is 0 Å². The summed E-state index contributed by atoms with van der Waals surface area (Å²) in [5.74, 6) is 0. The molecular formula is C14H8Cl2S3. The van der Waals surface area contributed by atoms with E-state index in [4.69, 9.17) is 23.2 Å². The molecule has 0 aromatic rings. The number of thioether (sulfide) groups is 3. The van der Waals surface area contributed by atoms with E-state index in [-0.39, 0.29) is 0 Å². The summed E-state index contributed by atoms with van der Waals surface area (Å²) in [6.07, 6.45) is 12.7. The third kappa shape index (κ3) is 2.02. The van der Waals surface area contributed by atoms with Gasteiger partial charge in [0.2, 0.25) is 0 Å². The number of hydrogen-bond donors (Lipinski definition) is 0. The Morgan fingerprint density at radius 3 is 1.79 bits per heavy atom. The van der Waals surface area contributed by atoms with Gasteiger partial charge in [-0.2, -0.15) is 0 Å². The number of rotatable bonds is 2. The van der Waals surface area contributed by atoms with E-state index < -0.39 is 0 Å². The number of allylic oxidation sites excluding steroid dienone is 8. The molecule has 0 fully saturated rings. The van der Waals surface area contributed by atoms with Crippen molar-refractivity contribution in [2.24, 2.45) is 0 Å². The summed E-state index contributed by atoms with van der Waals surface area (Å²) in [6.45, 7) is 0. The van der Waals surface area contributed by atoms with Crippen molar-refractivity contribution in [1.82, 2.24) is 0 Å². The first kappa shape index (κ1) is 12.8. The first-order valence-corrected chi connectivity index (χ1v) is 9.25. The summed E-state index contributed by atoms with van der Waals surface area (Å²) in [5.41, 5.74) is 5.09. The fraction of sp³-hybridized carbons (Fsp3) is 0.143. The largest absolute Gasteiger partial charge is 0.123 e. The molecule has 4 rings (SSSR count). The maximum Gasteiger partial charge on any atom is 0.0828 e. The van der Waals surface area contributed by atoms with Gasteiger partial charge in [0.05, 0.1) is 17.9 Å². The predicted molar refractivity (Wildman–Crippen MR) is 90.6 cm³/mol. The van der Waals surface area contributed by atoms with Crippen molar-refractivity contribution in [3.05, 3.63) is 67.5 Å². The Kier molecular flexibility index (Phi) is 3.24. The average molecular weight is 343 g/mol. The van der Waals surface area contributed by atoms with Crippen molar-refractivity contribution in [1.29, 1.82) is 0 Å². The second-order valence-electron chi connectivity index (χ2n) is 4.37. The van der Waals surface area contributed by atoms with Gasteiger partial charge in [-0.3, -0.25) is 0 Å². The first-order valence-electron chi connectivity index (χ1n) is 5.79. The molecule has 5 heteroatoms. The van der Waals surface area contributed by atoms with Gasteiger partial charge in [-0.15, -0.1) is 11.8 Å². The fourth-order valence-electron chi connectivity index (χ4n) is 2.39. The summed E-state index contributed by atoms with van der Waals surface area (Å²) >= 11 is 18.0. The second-order valence-corrected chi connectivity index (χ2v) is 9.62. The lowest BCUT2D eigenvalue weighted by atomic mass is 10.2. The Labute approximate surface area is 134 Å². The van der Waals surface area contributed by atoms with Crippen molar-refractivity contribution in [2.75, 3.05) is 0 Å². The van der Waals surface area contributed by atoms with Crippen LogP contribution in [0.5, 0.6) is 0 Å². The quantitative estimate of drug-likeness (QED) is 0.626. The lowest BCUT2D eigenvalue weighted by Gasteiger charge is -2.17. The lowest BCUT2D eigenvalue weighted by Crippen LogP contribution is -2.04. The molecule has 0 saturated carbocycles. The lowest BCUT2D eigenvalue weighted by molar-refractivity contribution is 1.41. The molecule has 0 nitrogen and oxygen atoms in total. The number of hydrogen-bond acceptors (Lipinski definition) is 3. The van der Waals surface area contributed by atoms with E-state index in [9.17, 15) is 0 Å². The maximum atomic E-state index is 6.30. The maximum absolute atomic E-state index is 6.30. The van der Waals surface area contributed by atoms with E-state index in [0.29, 0.717) is 9.16 Å². The van der Waals surface area contributed by atoms with Crippen LogP contribution in [0.25, 0.3) is 0 Å². The van der Waals surface area contributed by atoms with E-state index >= 15 is 0 Å². The molecule has 0 aromatic carbocycles. The van der Waals surface area contributed by atoms with Crippen LogP contribution >= 0.6 is 58.5 Å². The van der Waals surface area contributed by atoms with Gasteiger partial charge in [0.1, 0.15) is 0 Å². The molecule has 2 atom stereocenters. The van der Waals surface area contributed by atoms with E-state index in [1.165, 1.54) is 22.3 Å². The Bertz CT molecular complexity index is 594. The van der Waals surface area contributed by atoms with Crippen molar-refractivity contribution >= 4 is 58.5 Å². The molecule has 2 heterocycles. The minimum Gasteiger partial charge on any atom is -0.123 e. The van der Waals surface area contributed by atoms with Gasteiger partial charge >= 0.3 is 0 Å². The Balaban J connectivity index is 1.54. The SMILES string of the molecule is ClC1=C2C=CC=C2C(SC2SC(Cl)=C3C=CC=C32)S1. The second kappa shape index (κ2) is 4.81. The Morgan fingerprint density at radius 1 is 0.842 bits per heavy atom. The van der Waals surface area contributed by atoms with Crippen LogP contribution in [0.3, 0.4) is 0 Å². The molecule has 0 spiro atoms. The number of fused-ring (bicyclic) bond motifs is 2. The van der Waals surface area contributed by atoms with Gasteiger partial charge in [0, 0.05) is 11.1 Å². The summed E-state index contributed by atoms with van der Waals surface area (Å²) < 4.78 is 2.58. The van der Waals surface area contributed by atoms with Crippen LogP contribution in [-0.2, 0) is 0 Å². The average Bonchev–Trinajstić information content (AvgIpc) is 3.09. The molecule has 0 amide bonds. The zero-order valence-corrected chi connectivity index (χ0v) is 13.6. The molecule has 0 N–H and O–H groups in total. The van der Waals surface area contributed by atoms with Gasteiger partial charge in [0.15, 0.2) is 0 Å². The highest BCUT2D eigenvalue weighted by Gasteiger charge is 2.37. The summed E-state index contributed by atoms with van der Waals surface area (Å²) in [6, 6.07) is 0. The number of halogens is 2. The third-order valence-electron chi connectivity index (χ3n) is 3.30.